The van der Waals surface area contributed by atoms with Gasteiger partial charge in [0.15, 0.2) is 0 Å². The summed E-state index contributed by atoms with van der Waals surface area (Å²) in [6, 6.07) is 16.8. The zero-order chi connectivity index (χ0) is 24.2. The molecule has 2 atom stereocenters. The highest BCUT2D eigenvalue weighted by Gasteiger charge is 2.12. The number of carbonyl (C=O) groups is 1. The highest BCUT2D eigenvalue weighted by atomic mass is 16.7. The summed E-state index contributed by atoms with van der Waals surface area (Å²) < 4.78 is 10.4. The number of hydroxylamine groups is 1. The van der Waals surface area contributed by atoms with Crippen LogP contribution in [-0.4, -0.2) is 62.0 Å². The van der Waals surface area contributed by atoms with Crippen molar-refractivity contribution in [2.45, 2.75) is 51.4 Å². The number of nitrogens with zero attached hydrogens (tertiary/aromatic N) is 1. The molecule has 34 heavy (non-hydrogen) atoms. The van der Waals surface area contributed by atoms with Gasteiger partial charge >= 0.3 is 0 Å². The van der Waals surface area contributed by atoms with E-state index in [-0.39, 0.29) is 12.0 Å². The van der Waals surface area contributed by atoms with Crippen molar-refractivity contribution in [3.05, 3.63) is 59.7 Å². The number of morpholine rings is 1. The summed E-state index contributed by atoms with van der Waals surface area (Å²) in [6.07, 6.45) is 1.71. The van der Waals surface area contributed by atoms with Gasteiger partial charge in [0.25, 0.3) is 0 Å². The van der Waals surface area contributed by atoms with Crippen LogP contribution in [0.5, 0.6) is 0 Å². The number of amides is 1. The predicted octanol–water partition coefficient (Wildman–Crippen LogP) is 3.86. The van der Waals surface area contributed by atoms with Gasteiger partial charge in [0, 0.05) is 33.2 Å². The number of ether oxygens (including phenoxy) is 2. The molecule has 0 bridgehead atoms. The van der Waals surface area contributed by atoms with Gasteiger partial charge in [-0.1, -0.05) is 55.0 Å². The number of aliphatic hydroxyl groups excluding tert-OH is 1. The first kappa shape index (κ1) is 26.3. The monoisotopic (exact) mass is 470 g/mol. The molecule has 1 fully saturated rings. The van der Waals surface area contributed by atoms with Gasteiger partial charge in [-0.25, -0.2) is 5.48 Å². The Morgan fingerprint density at radius 2 is 1.71 bits per heavy atom. The maximum absolute atomic E-state index is 11.8. The minimum absolute atomic E-state index is 0.155. The van der Waals surface area contributed by atoms with Crippen LogP contribution in [0.4, 0.5) is 0 Å². The van der Waals surface area contributed by atoms with Crippen LogP contribution in [0.3, 0.4) is 0 Å². The number of hydrogen-bond donors (Lipinski definition) is 2. The second-order valence-corrected chi connectivity index (χ2v) is 8.88. The Morgan fingerprint density at radius 1 is 1.06 bits per heavy atom. The van der Waals surface area contributed by atoms with Gasteiger partial charge in [0.1, 0.15) is 6.10 Å². The van der Waals surface area contributed by atoms with Crippen molar-refractivity contribution in [3.8, 4) is 11.1 Å². The molecule has 7 nitrogen and oxygen atoms in total. The quantitative estimate of drug-likeness (QED) is 0.342. The summed E-state index contributed by atoms with van der Waals surface area (Å²) in [6.45, 7) is 6.81. The number of aliphatic hydroxyl groups is 1. The molecule has 1 aliphatic rings. The predicted molar refractivity (Wildman–Crippen MR) is 132 cm³/mol. The molecule has 0 unspecified atom stereocenters. The first-order chi connectivity index (χ1) is 16.5. The maximum Gasteiger partial charge on any atom is 0.243 e. The Morgan fingerprint density at radius 3 is 2.35 bits per heavy atom. The second-order valence-electron chi connectivity index (χ2n) is 8.88. The van der Waals surface area contributed by atoms with Gasteiger partial charge in [-0.15, -0.1) is 0 Å². The van der Waals surface area contributed by atoms with Crippen LogP contribution >= 0.6 is 0 Å². The van der Waals surface area contributed by atoms with E-state index >= 15 is 0 Å². The third-order valence-electron chi connectivity index (χ3n) is 6.00. The number of carbonyl (C=O) groups excluding carboxylic acids is 1. The van der Waals surface area contributed by atoms with Crippen LogP contribution in [0, 0.1) is 0 Å². The number of rotatable bonds is 13. The molecular formula is C27H38N2O5. The lowest BCUT2D eigenvalue weighted by atomic mass is 9.98. The largest absolute Gasteiger partial charge is 0.388 e. The first-order valence-corrected chi connectivity index (χ1v) is 12.2. The van der Waals surface area contributed by atoms with Gasteiger partial charge in [-0.3, -0.25) is 14.5 Å². The van der Waals surface area contributed by atoms with Gasteiger partial charge in [0.2, 0.25) is 5.91 Å². The smallest absolute Gasteiger partial charge is 0.243 e. The number of hydrogen-bond acceptors (Lipinski definition) is 6. The van der Waals surface area contributed by atoms with Gasteiger partial charge in [0.05, 0.1) is 25.9 Å². The van der Waals surface area contributed by atoms with Crippen LogP contribution in [0.2, 0.25) is 0 Å². The Hall–Kier alpha value is -2.29. The normalized spacial score (nSPS) is 16.2. The third kappa shape index (κ3) is 8.81. The molecule has 2 N–H and O–H groups in total. The molecular weight excluding hydrogens is 432 g/mol. The van der Waals surface area contributed by atoms with E-state index in [2.05, 4.69) is 46.8 Å². The van der Waals surface area contributed by atoms with Crippen molar-refractivity contribution in [1.29, 1.82) is 0 Å². The summed E-state index contributed by atoms with van der Waals surface area (Å²) in [4.78, 5) is 19.4. The summed E-state index contributed by atoms with van der Waals surface area (Å²) in [7, 11) is 1.59. The molecule has 0 radical (unpaired) electrons. The molecule has 7 heteroatoms. The zero-order valence-electron chi connectivity index (χ0n) is 20.4. The van der Waals surface area contributed by atoms with Crippen molar-refractivity contribution < 1.29 is 24.2 Å². The number of methoxy groups -OCH3 is 1. The van der Waals surface area contributed by atoms with Crippen LogP contribution in [0.25, 0.3) is 11.1 Å². The minimum atomic E-state index is -0.536. The second kappa shape index (κ2) is 14.2. The van der Waals surface area contributed by atoms with E-state index < -0.39 is 6.10 Å². The number of benzene rings is 2. The van der Waals surface area contributed by atoms with Crippen LogP contribution < -0.4 is 5.48 Å². The van der Waals surface area contributed by atoms with Crippen molar-refractivity contribution in [1.82, 2.24) is 10.4 Å². The average molecular weight is 471 g/mol. The van der Waals surface area contributed by atoms with Crippen LogP contribution in [0.15, 0.2) is 48.5 Å². The Balaban J connectivity index is 1.39. The molecule has 1 saturated heterocycles. The van der Waals surface area contributed by atoms with Gasteiger partial charge in [-0.2, -0.15) is 0 Å². The van der Waals surface area contributed by atoms with E-state index in [1.54, 1.807) is 7.11 Å². The standard InChI is InChI=1S/C27H38N2O5/c1-21(20-32-2)34-28-27(31)6-4-3-5-26(30)25-13-11-24(12-14-25)23-9-7-22(8-10-23)19-29-15-17-33-18-16-29/h7-14,21,26,30H,3-6,15-20H2,1-2H3,(H,28,31)/t21-,26-/m1/s1. The lowest BCUT2D eigenvalue weighted by Crippen LogP contribution is -2.35. The fourth-order valence-electron chi connectivity index (χ4n) is 3.99. The molecule has 0 aromatic heterocycles. The third-order valence-corrected chi connectivity index (χ3v) is 6.00. The van der Waals surface area contributed by atoms with E-state index in [0.29, 0.717) is 25.9 Å². The Labute approximate surface area is 203 Å². The Bertz CT molecular complexity index is 850. The highest BCUT2D eigenvalue weighted by Crippen LogP contribution is 2.25. The fraction of sp³-hybridized carbons (Fsp3) is 0.519. The van der Waals surface area contributed by atoms with Crippen LogP contribution in [-0.2, 0) is 25.7 Å². The fourth-order valence-corrected chi connectivity index (χ4v) is 3.99. The van der Waals surface area contributed by atoms with Crippen LogP contribution in [0.1, 0.15) is 49.8 Å². The van der Waals surface area contributed by atoms with Gasteiger partial charge < -0.3 is 14.6 Å². The molecule has 1 heterocycles. The van der Waals surface area contributed by atoms with Gasteiger partial charge in [-0.05, 0) is 42.0 Å². The lowest BCUT2D eigenvalue weighted by molar-refractivity contribution is -0.140. The average Bonchev–Trinajstić information content (AvgIpc) is 2.87. The van der Waals surface area contributed by atoms with E-state index in [0.717, 1.165) is 50.4 Å². The highest BCUT2D eigenvalue weighted by molar-refractivity contribution is 5.74. The molecule has 1 amide bonds. The number of unbranched alkanes of at least 4 members (excludes halogenated alkanes) is 1. The molecule has 2 aromatic rings. The minimum Gasteiger partial charge on any atom is -0.388 e. The van der Waals surface area contributed by atoms with Crippen molar-refractivity contribution in [2.24, 2.45) is 0 Å². The molecule has 0 spiro atoms. The van der Waals surface area contributed by atoms with E-state index in [9.17, 15) is 9.90 Å². The topological polar surface area (TPSA) is 80.3 Å². The molecule has 2 aromatic carbocycles. The molecule has 3 rings (SSSR count). The van der Waals surface area contributed by atoms with Crippen molar-refractivity contribution in [3.63, 3.8) is 0 Å². The number of nitrogens with one attached hydrogen (secondary N) is 1. The lowest BCUT2D eigenvalue weighted by Gasteiger charge is -2.26. The maximum atomic E-state index is 11.8. The first-order valence-electron chi connectivity index (χ1n) is 12.2. The van der Waals surface area contributed by atoms with E-state index in [1.165, 1.54) is 11.1 Å². The molecule has 186 valence electrons. The molecule has 0 aliphatic carbocycles. The zero-order valence-corrected chi connectivity index (χ0v) is 20.4. The van der Waals surface area contributed by atoms with E-state index in [1.807, 2.05) is 19.1 Å². The molecule has 1 aliphatic heterocycles. The van der Waals surface area contributed by atoms with E-state index in [4.69, 9.17) is 14.3 Å². The Kier molecular flexibility index (Phi) is 11.0. The summed E-state index contributed by atoms with van der Waals surface area (Å²) in [5, 5.41) is 10.5. The summed E-state index contributed by atoms with van der Waals surface area (Å²) in [5.74, 6) is -0.155. The van der Waals surface area contributed by atoms with Crippen molar-refractivity contribution in [2.75, 3.05) is 40.0 Å². The van der Waals surface area contributed by atoms with Crippen molar-refractivity contribution >= 4 is 5.91 Å². The summed E-state index contributed by atoms with van der Waals surface area (Å²) in [5.41, 5.74) is 6.95. The summed E-state index contributed by atoms with van der Waals surface area (Å²) >= 11 is 0. The molecule has 0 saturated carbocycles. The SMILES string of the molecule is COC[C@@H](C)ONC(=O)CCCC[C@@H](O)c1ccc(-c2ccc(CN3CCOCC3)cc2)cc1.